The molecule has 0 saturated carbocycles. The topological polar surface area (TPSA) is 34.2 Å². The maximum atomic E-state index is 6.04. The maximum Gasteiger partial charge on any atom is 0.203 e. The summed E-state index contributed by atoms with van der Waals surface area (Å²) in [5, 5.41) is 0. The molecule has 2 rings (SSSR count). The Morgan fingerprint density at radius 2 is 1.52 bits per heavy atom. The predicted octanol–water partition coefficient (Wildman–Crippen LogP) is 3.02. The maximum absolute atomic E-state index is 6.04. The normalized spacial score (nSPS) is 16.7. The molecule has 1 heterocycles. The van der Waals surface area contributed by atoms with Crippen molar-refractivity contribution in [2.45, 2.75) is 32.6 Å². The van der Waals surface area contributed by atoms with Crippen molar-refractivity contribution in [3.05, 3.63) is 17.7 Å². The summed E-state index contributed by atoms with van der Waals surface area (Å²) in [5.41, 5.74) is 1.20. The van der Waals surface area contributed by atoms with Gasteiger partial charge in [-0.1, -0.05) is 20.8 Å². The average Bonchev–Trinajstić information content (AvgIpc) is 2.58. The van der Waals surface area contributed by atoms with Crippen LogP contribution in [0.4, 0.5) is 0 Å². The third kappa shape index (κ3) is 5.51. The van der Waals surface area contributed by atoms with Crippen LogP contribution >= 0.6 is 0 Å². The molecule has 0 unspecified atom stereocenters. The van der Waals surface area contributed by atoms with Gasteiger partial charge in [-0.05, 0) is 36.6 Å². The lowest BCUT2D eigenvalue weighted by Gasteiger charge is -2.32. The Hall–Kier alpha value is -1.46. The summed E-state index contributed by atoms with van der Waals surface area (Å²) < 4.78 is 17.2. The summed E-state index contributed by atoms with van der Waals surface area (Å²) in [6.07, 6.45) is 0.997. The fourth-order valence-corrected chi connectivity index (χ4v) is 2.99. The molecule has 0 bridgehead atoms. The van der Waals surface area contributed by atoms with Gasteiger partial charge in [-0.3, -0.25) is 0 Å². The van der Waals surface area contributed by atoms with Crippen molar-refractivity contribution in [3.63, 3.8) is 0 Å². The Morgan fingerprint density at radius 3 is 2.00 bits per heavy atom. The zero-order valence-electron chi connectivity index (χ0n) is 16.7. The minimum absolute atomic E-state index is 0.0283. The van der Waals surface area contributed by atoms with E-state index in [4.69, 9.17) is 14.2 Å². The molecular formula is C20H34N2O3. The van der Waals surface area contributed by atoms with Crippen molar-refractivity contribution in [2.24, 2.45) is 0 Å². The van der Waals surface area contributed by atoms with E-state index in [0.717, 1.165) is 50.6 Å². The smallest absolute Gasteiger partial charge is 0.203 e. The minimum atomic E-state index is 0.0283. The van der Waals surface area contributed by atoms with Crippen molar-refractivity contribution < 1.29 is 14.2 Å². The molecule has 0 aromatic heterocycles. The molecule has 1 aromatic carbocycles. The largest absolute Gasteiger partial charge is 0.493 e. The second-order valence-electron chi connectivity index (χ2n) is 7.81. The van der Waals surface area contributed by atoms with E-state index in [1.807, 2.05) is 0 Å². The van der Waals surface area contributed by atoms with Crippen molar-refractivity contribution in [1.82, 2.24) is 9.80 Å². The molecule has 5 heteroatoms. The fourth-order valence-electron chi connectivity index (χ4n) is 2.99. The number of hydrogen-bond acceptors (Lipinski definition) is 5. The van der Waals surface area contributed by atoms with E-state index in [2.05, 4.69) is 49.8 Å². The number of likely N-dealkylation sites (N-methyl/N-ethyl adjacent to an activating group) is 1. The SMILES string of the molecule is COc1cc(C(C)(C)C)cc(OC)c1OCCCN1CCN(C)CC1. The number of benzene rings is 1. The van der Waals surface area contributed by atoms with Gasteiger partial charge >= 0.3 is 0 Å². The van der Waals surface area contributed by atoms with Gasteiger partial charge in [0.1, 0.15) is 0 Å². The Bertz CT molecular complexity index is 521. The Labute approximate surface area is 152 Å². The lowest BCUT2D eigenvalue weighted by molar-refractivity contribution is 0.144. The van der Waals surface area contributed by atoms with Crippen molar-refractivity contribution in [3.8, 4) is 17.2 Å². The van der Waals surface area contributed by atoms with Crippen LogP contribution in [0.1, 0.15) is 32.8 Å². The van der Waals surface area contributed by atoms with E-state index in [1.54, 1.807) is 14.2 Å². The summed E-state index contributed by atoms with van der Waals surface area (Å²) in [6.45, 7) is 12.8. The molecule has 0 N–H and O–H groups in total. The van der Waals surface area contributed by atoms with Crippen LogP contribution in [0.5, 0.6) is 17.2 Å². The molecule has 142 valence electrons. The van der Waals surface area contributed by atoms with Gasteiger partial charge in [0.05, 0.1) is 20.8 Å². The molecule has 0 amide bonds. The highest BCUT2D eigenvalue weighted by molar-refractivity contribution is 5.55. The highest BCUT2D eigenvalue weighted by Crippen LogP contribution is 2.41. The zero-order valence-corrected chi connectivity index (χ0v) is 16.7. The number of ether oxygens (including phenoxy) is 3. The van der Waals surface area contributed by atoms with Gasteiger partial charge in [0.25, 0.3) is 0 Å². The first-order chi connectivity index (χ1) is 11.8. The lowest BCUT2D eigenvalue weighted by Crippen LogP contribution is -2.44. The van der Waals surface area contributed by atoms with Crippen LogP contribution in [0.15, 0.2) is 12.1 Å². The van der Waals surface area contributed by atoms with E-state index >= 15 is 0 Å². The molecule has 25 heavy (non-hydrogen) atoms. The Balaban J connectivity index is 1.96. The number of piperazine rings is 1. The standard InChI is InChI=1S/C20H34N2O3/c1-20(2,3)16-14-17(23-5)19(18(15-16)24-6)25-13-7-8-22-11-9-21(4)10-12-22/h14-15H,7-13H2,1-6H3. The van der Waals surface area contributed by atoms with Crippen LogP contribution < -0.4 is 14.2 Å². The number of nitrogens with zero attached hydrogens (tertiary/aromatic N) is 2. The Morgan fingerprint density at radius 1 is 0.960 bits per heavy atom. The van der Waals surface area contributed by atoms with E-state index in [1.165, 1.54) is 5.56 Å². The van der Waals surface area contributed by atoms with E-state index in [0.29, 0.717) is 12.4 Å². The van der Waals surface area contributed by atoms with Crippen molar-refractivity contribution >= 4 is 0 Å². The quantitative estimate of drug-likeness (QED) is 0.706. The van der Waals surface area contributed by atoms with E-state index in [-0.39, 0.29) is 5.41 Å². The van der Waals surface area contributed by atoms with Crippen LogP contribution in [0.25, 0.3) is 0 Å². The van der Waals surface area contributed by atoms with E-state index < -0.39 is 0 Å². The number of methoxy groups -OCH3 is 2. The summed E-state index contributed by atoms with van der Waals surface area (Å²) >= 11 is 0. The summed E-state index contributed by atoms with van der Waals surface area (Å²) in [5.74, 6) is 2.18. The zero-order chi connectivity index (χ0) is 18.4. The molecule has 5 nitrogen and oxygen atoms in total. The third-order valence-electron chi connectivity index (χ3n) is 4.79. The predicted molar refractivity (Wildman–Crippen MR) is 102 cm³/mol. The summed E-state index contributed by atoms with van der Waals surface area (Å²) in [7, 11) is 5.54. The van der Waals surface area contributed by atoms with Crippen LogP contribution in [-0.2, 0) is 5.41 Å². The van der Waals surface area contributed by atoms with Crippen molar-refractivity contribution in [2.75, 3.05) is 60.6 Å². The fraction of sp³-hybridized carbons (Fsp3) is 0.700. The average molecular weight is 351 g/mol. The number of hydrogen-bond donors (Lipinski definition) is 0. The molecule has 1 aromatic rings. The monoisotopic (exact) mass is 350 g/mol. The Kier molecular flexibility index (Phi) is 6.96. The van der Waals surface area contributed by atoms with Crippen LogP contribution in [0.3, 0.4) is 0 Å². The molecule has 0 spiro atoms. The third-order valence-corrected chi connectivity index (χ3v) is 4.79. The molecule has 1 aliphatic rings. The highest BCUT2D eigenvalue weighted by Gasteiger charge is 2.21. The molecule has 1 aliphatic heterocycles. The number of rotatable bonds is 7. The minimum Gasteiger partial charge on any atom is -0.493 e. The first kappa shape index (κ1) is 19.9. The highest BCUT2D eigenvalue weighted by atomic mass is 16.5. The molecule has 0 radical (unpaired) electrons. The van der Waals surface area contributed by atoms with Crippen molar-refractivity contribution in [1.29, 1.82) is 0 Å². The summed E-state index contributed by atoms with van der Waals surface area (Å²) in [4.78, 5) is 4.88. The van der Waals surface area contributed by atoms with Gasteiger partial charge < -0.3 is 24.0 Å². The van der Waals surface area contributed by atoms with Crippen LogP contribution in [0, 0.1) is 0 Å². The second kappa shape index (κ2) is 8.77. The van der Waals surface area contributed by atoms with Crippen LogP contribution in [-0.4, -0.2) is 70.4 Å². The first-order valence-electron chi connectivity index (χ1n) is 9.15. The first-order valence-corrected chi connectivity index (χ1v) is 9.15. The molecule has 1 saturated heterocycles. The molecule has 0 atom stereocenters. The lowest BCUT2D eigenvalue weighted by atomic mass is 9.86. The van der Waals surface area contributed by atoms with Gasteiger partial charge in [-0.2, -0.15) is 0 Å². The molecule has 0 aliphatic carbocycles. The van der Waals surface area contributed by atoms with Gasteiger partial charge in [-0.25, -0.2) is 0 Å². The van der Waals surface area contributed by atoms with E-state index in [9.17, 15) is 0 Å². The second-order valence-corrected chi connectivity index (χ2v) is 7.81. The van der Waals surface area contributed by atoms with Gasteiger partial charge in [0.2, 0.25) is 5.75 Å². The molecule has 1 fully saturated rings. The van der Waals surface area contributed by atoms with Crippen LogP contribution in [0.2, 0.25) is 0 Å². The van der Waals surface area contributed by atoms with Gasteiger partial charge in [0.15, 0.2) is 11.5 Å². The summed E-state index contributed by atoms with van der Waals surface area (Å²) in [6, 6.07) is 4.11. The van der Waals surface area contributed by atoms with Gasteiger partial charge in [0, 0.05) is 32.7 Å². The molecular weight excluding hydrogens is 316 g/mol. The van der Waals surface area contributed by atoms with Gasteiger partial charge in [-0.15, -0.1) is 0 Å².